The number of alkyl halides is 1. The number of rotatable bonds is 2. The lowest BCUT2D eigenvalue weighted by molar-refractivity contribution is 1.42. The molecule has 0 aliphatic heterocycles. The van der Waals surface area contributed by atoms with E-state index in [0.29, 0.717) is 5.88 Å². The van der Waals surface area contributed by atoms with Crippen LogP contribution in [-0.2, 0) is 5.88 Å². The maximum absolute atomic E-state index is 6.62. The van der Waals surface area contributed by atoms with Gasteiger partial charge >= 0.3 is 0 Å². The van der Waals surface area contributed by atoms with Crippen LogP contribution in [0, 0.1) is 0 Å². The second kappa shape index (κ2) is 5.88. The Bertz CT molecular complexity index is 1020. The summed E-state index contributed by atoms with van der Waals surface area (Å²) >= 11 is 12.8. The minimum absolute atomic E-state index is 0.462. The summed E-state index contributed by atoms with van der Waals surface area (Å²) in [5.74, 6) is 0.462. The Hall–Kier alpha value is -2.02. The minimum Gasteiger partial charge on any atom is -0.122 e. The molecule has 0 aliphatic rings. The smallest absolute Gasteiger partial charge is 0.0491 e. The van der Waals surface area contributed by atoms with E-state index in [0.717, 1.165) is 27.1 Å². The molecule has 0 fully saturated rings. The van der Waals surface area contributed by atoms with Gasteiger partial charge in [-0.3, -0.25) is 0 Å². The monoisotopic (exact) mass is 336 g/mol. The van der Waals surface area contributed by atoms with Gasteiger partial charge in [-0.25, -0.2) is 0 Å². The highest BCUT2D eigenvalue weighted by Gasteiger charge is 2.13. The highest BCUT2D eigenvalue weighted by atomic mass is 35.5. The van der Waals surface area contributed by atoms with Crippen molar-refractivity contribution in [1.29, 1.82) is 0 Å². The van der Waals surface area contributed by atoms with Crippen LogP contribution in [0.4, 0.5) is 0 Å². The molecule has 0 radical (unpaired) electrons. The van der Waals surface area contributed by atoms with Crippen LogP contribution in [-0.4, -0.2) is 0 Å². The van der Waals surface area contributed by atoms with E-state index in [1.165, 1.54) is 16.2 Å². The van der Waals surface area contributed by atoms with E-state index in [1.807, 2.05) is 18.2 Å². The van der Waals surface area contributed by atoms with Crippen molar-refractivity contribution in [2.45, 2.75) is 5.88 Å². The number of hydrogen-bond donors (Lipinski definition) is 0. The van der Waals surface area contributed by atoms with Crippen LogP contribution in [0.25, 0.3) is 32.7 Å². The Labute approximate surface area is 145 Å². The summed E-state index contributed by atoms with van der Waals surface area (Å²) in [5, 5.41) is 5.46. The third-order valence-corrected chi connectivity index (χ3v) is 4.86. The second-order valence-corrected chi connectivity index (χ2v) is 6.31. The quantitative estimate of drug-likeness (QED) is 0.344. The Kier molecular flexibility index (Phi) is 3.72. The lowest BCUT2D eigenvalue weighted by Crippen LogP contribution is -1.90. The van der Waals surface area contributed by atoms with Gasteiger partial charge in [0.05, 0.1) is 0 Å². The molecule has 0 saturated carbocycles. The summed E-state index contributed by atoms with van der Waals surface area (Å²) in [6.45, 7) is 0. The zero-order chi connectivity index (χ0) is 15.8. The van der Waals surface area contributed by atoms with E-state index >= 15 is 0 Å². The van der Waals surface area contributed by atoms with E-state index in [9.17, 15) is 0 Å². The van der Waals surface area contributed by atoms with Crippen LogP contribution in [0.5, 0.6) is 0 Å². The summed E-state index contributed by atoms with van der Waals surface area (Å²) in [5.41, 5.74) is 3.27. The molecule has 0 aliphatic carbocycles. The Morgan fingerprint density at radius 1 is 0.696 bits per heavy atom. The van der Waals surface area contributed by atoms with Crippen molar-refractivity contribution in [3.05, 3.63) is 83.4 Å². The van der Waals surface area contributed by atoms with Crippen molar-refractivity contribution in [1.82, 2.24) is 0 Å². The third-order valence-electron chi connectivity index (χ3n) is 4.26. The van der Waals surface area contributed by atoms with E-state index < -0.39 is 0 Å². The van der Waals surface area contributed by atoms with Gasteiger partial charge in [-0.15, -0.1) is 11.6 Å². The molecule has 112 valence electrons. The van der Waals surface area contributed by atoms with E-state index in [1.54, 1.807) is 0 Å². The topological polar surface area (TPSA) is 0 Å². The largest absolute Gasteiger partial charge is 0.122 e. The molecule has 4 rings (SSSR count). The first kappa shape index (κ1) is 14.6. The molecule has 0 bridgehead atoms. The predicted molar refractivity (Wildman–Crippen MR) is 101 cm³/mol. The number of fused-ring (bicyclic) bond motifs is 2. The zero-order valence-corrected chi connectivity index (χ0v) is 13.9. The first-order valence-electron chi connectivity index (χ1n) is 7.53. The average molecular weight is 337 g/mol. The van der Waals surface area contributed by atoms with Gasteiger partial charge in [-0.05, 0) is 44.8 Å². The molecule has 4 aromatic rings. The standard InChI is InChI=1S/C21H14Cl2/c22-13-17-10-9-14-5-3-4-8-18(14)21(17)19-11-15-6-1-2-7-16(15)12-20(19)23/h1-12H,13H2. The second-order valence-electron chi connectivity index (χ2n) is 5.63. The molecule has 4 aromatic carbocycles. The van der Waals surface area contributed by atoms with Crippen molar-refractivity contribution in [2.24, 2.45) is 0 Å². The molecule has 23 heavy (non-hydrogen) atoms. The lowest BCUT2D eigenvalue weighted by atomic mass is 9.92. The van der Waals surface area contributed by atoms with Gasteiger partial charge < -0.3 is 0 Å². The van der Waals surface area contributed by atoms with Crippen LogP contribution in [0.3, 0.4) is 0 Å². The van der Waals surface area contributed by atoms with Gasteiger partial charge in [-0.2, -0.15) is 0 Å². The molecule has 0 unspecified atom stereocenters. The first-order chi connectivity index (χ1) is 11.3. The van der Waals surface area contributed by atoms with Crippen LogP contribution >= 0.6 is 23.2 Å². The fourth-order valence-electron chi connectivity index (χ4n) is 3.15. The van der Waals surface area contributed by atoms with Crippen molar-refractivity contribution >= 4 is 44.7 Å². The number of benzene rings is 4. The zero-order valence-electron chi connectivity index (χ0n) is 12.4. The maximum Gasteiger partial charge on any atom is 0.0491 e. The summed E-state index contributed by atoms with van der Waals surface area (Å²) < 4.78 is 0. The van der Waals surface area contributed by atoms with Crippen LogP contribution in [0.1, 0.15) is 5.56 Å². The van der Waals surface area contributed by atoms with Gasteiger partial charge in [0.2, 0.25) is 0 Å². The highest BCUT2D eigenvalue weighted by molar-refractivity contribution is 6.35. The van der Waals surface area contributed by atoms with E-state index in [2.05, 4.69) is 54.6 Å². The average Bonchev–Trinajstić information content (AvgIpc) is 2.60. The van der Waals surface area contributed by atoms with Gasteiger partial charge in [0.25, 0.3) is 0 Å². The van der Waals surface area contributed by atoms with Crippen LogP contribution < -0.4 is 0 Å². The van der Waals surface area contributed by atoms with E-state index in [4.69, 9.17) is 23.2 Å². The Morgan fingerprint density at radius 2 is 1.35 bits per heavy atom. The summed E-state index contributed by atoms with van der Waals surface area (Å²) in [7, 11) is 0. The maximum atomic E-state index is 6.62. The van der Waals surface area contributed by atoms with Gasteiger partial charge in [-0.1, -0.05) is 72.3 Å². The van der Waals surface area contributed by atoms with Crippen molar-refractivity contribution in [3.8, 4) is 11.1 Å². The minimum atomic E-state index is 0.462. The fourth-order valence-corrected chi connectivity index (χ4v) is 3.64. The molecule has 2 heteroatoms. The highest BCUT2D eigenvalue weighted by Crippen LogP contribution is 2.39. The van der Waals surface area contributed by atoms with Crippen molar-refractivity contribution < 1.29 is 0 Å². The molecular formula is C21H14Cl2. The predicted octanol–water partition coefficient (Wildman–Crippen LogP) is 7.05. The molecular weight excluding hydrogens is 323 g/mol. The molecule has 0 amide bonds. The van der Waals surface area contributed by atoms with Gasteiger partial charge in [0, 0.05) is 16.5 Å². The molecule has 0 saturated heterocycles. The van der Waals surface area contributed by atoms with Crippen molar-refractivity contribution in [2.75, 3.05) is 0 Å². The third kappa shape index (κ3) is 2.49. The number of hydrogen-bond acceptors (Lipinski definition) is 0. The van der Waals surface area contributed by atoms with Gasteiger partial charge in [0.1, 0.15) is 0 Å². The number of halogens is 2. The Balaban J connectivity index is 2.11. The van der Waals surface area contributed by atoms with Crippen molar-refractivity contribution in [3.63, 3.8) is 0 Å². The summed E-state index contributed by atoms with van der Waals surface area (Å²) in [6, 6.07) is 25.0. The summed E-state index contributed by atoms with van der Waals surface area (Å²) in [4.78, 5) is 0. The SMILES string of the molecule is ClCc1ccc2ccccc2c1-c1cc2ccccc2cc1Cl. The summed E-state index contributed by atoms with van der Waals surface area (Å²) in [6.07, 6.45) is 0. The van der Waals surface area contributed by atoms with Gasteiger partial charge in [0.15, 0.2) is 0 Å². The normalized spacial score (nSPS) is 11.2. The molecule has 0 nitrogen and oxygen atoms in total. The molecule has 0 atom stereocenters. The molecule has 0 heterocycles. The fraction of sp³-hybridized carbons (Fsp3) is 0.0476. The molecule has 0 spiro atoms. The molecule has 0 N–H and O–H groups in total. The Morgan fingerprint density at radius 3 is 2.09 bits per heavy atom. The molecule has 0 aromatic heterocycles. The van der Waals surface area contributed by atoms with Crippen LogP contribution in [0.2, 0.25) is 5.02 Å². The van der Waals surface area contributed by atoms with Crippen LogP contribution in [0.15, 0.2) is 72.8 Å². The lowest BCUT2D eigenvalue weighted by Gasteiger charge is -2.14. The first-order valence-corrected chi connectivity index (χ1v) is 8.44. The van der Waals surface area contributed by atoms with E-state index in [-0.39, 0.29) is 0 Å².